The van der Waals surface area contributed by atoms with Crippen molar-refractivity contribution in [1.29, 1.82) is 0 Å². The van der Waals surface area contributed by atoms with Crippen LogP contribution in [0.15, 0.2) is 0 Å². The molecule has 3 nitrogen and oxygen atoms in total. The SMILES string of the molecule is COC1CC(OC)C[N+](C)(C)C1. The topological polar surface area (TPSA) is 18.5 Å². The Hall–Kier alpha value is -0.120. The van der Waals surface area contributed by atoms with Crippen LogP contribution in [0.3, 0.4) is 0 Å². The lowest BCUT2D eigenvalue weighted by Gasteiger charge is -2.40. The first-order valence-electron chi connectivity index (χ1n) is 4.45. The van der Waals surface area contributed by atoms with Gasteiger partial charge in [0.05, 0.1) is 14.1 Å². The first kappa shape index (κ1) is 9.96. The molecule has 0 amide bonds. The van der Waals surface area contributed by atoms with Crippen LogP contribution in [0.1, 0.15) is 6.42 Å². The van der Waals surface area contributed by atoms with Crippen molar-refractivity contribution in [2.24, 2.45) is 0 Å². The van der Waals surface area contributed by atoms with Gasteiger partial charge in [0.2, 0.25) is 0 Å². The van der Waals surface area contributed by atoms with E-state index in [0.29, 0.717) is 12.2 Å². The van der Waals surface area contributed by atoms with Gasteiger partial charge in [0.25, 0.3) is 0 Å². The lowest BCUT2D eigenvalue weighted by Crippen LogP contribution is -2.55. The van der Waals surface area contributed by atoms with Crippen LogP contribution in [-0.2, 0) is 9.47 Å². The maximum atomic E-state index is 5.36. The smallest absolute Gasteiger partial charge is 0.109 e. The van der Waals surface area contributed by atoms with Gasteiger partial charge in [-0.2, -0.15) is 0 Å². The van der Waals surface area contributed by atoms with E-state index in [-0.39, 0.29) is 0 Å². The maximum absolute atomic E-state index is 5.36. The number of rotatable bonds is 2. The second kappa shape index (κ2) is 3.73. The molecular weight excluding hydrogens is 154 g/mol. The van der Waals surface area contributed by atoms with Gasteiger partial charge in [-0.3, -0.25) is 0 Å². The fraction of sp³-hybridized carbons (Fsp3) is 1.00. The van der Waals surface area contributed by atoms with Crippen LogP contribution < -0.4 is 0 Å². The molecule has 0 aromatic heterocycles. The Balaban J connectivity index is 2.53. The zero-order chi connectivity index (χ0) is 9.19. The average molecular weight is 174 g/mol. The number of ether oxygens (including phenoxy) is 2. The van der Waals surface area contributed by atoms with Gasteiger partial charge in [-0.15, -0.1) is 0 Å². The fourth-order valence-electron chi connectivity index (χ4n) is 1.96. The summed E-state index contributed by atoms with van der Waals surface area (Å²) in [5, 5.41) is 0. The number of likely N-dealkylation sites (tertiary alicyclic amines) is 1. The third-order valence-electron chi connectivity index (χ3n) is 2.59. The standard InChI is InChI=1S/C9H20NO2/c1-10(2)6-8(11-3)5-9(7-10)12-4/h8-9H,5-7H2,1-4H3/q+1. The Morgan fingerprint density at radius 3 is 1.75 bits per heavy atom. The van der Waals surface area contributed by atoms with E-state index in [2.05, 4.69) is 14.1 Å². The summed E-state index contributed by atoms with van der Waals surface area (Å²) in [6.45, 7) is 2.19. The molecule has 2 atom stereocenters. The van der Waals surface area contributed by atoms with E-state index < -0.39 is 0 Å². The summed E-state index contributed by atoms with van der Waals surface area (Å²) in [6.07, 6.45) is 1.76. The van der Waals surface area contributed by atoms with Crippen molar-refractivity contribution in [2.75, 3.05) is 41.4 Å². The summed E-state index contributed by atoms with van der Waals surface area (Å²) in [7, 11) is 8.00. The zero-order valence-electron chi connectivity index (χ0n) is 8.54. The van der Waals surface area contributed by atoms with Gasteiger partial charge in [-0.25, -0.2) is 0 Å². The Labute approximate surface area is 74.8 Å². The summed E-state index contributed by atoms with van der Waals surface area (Å²) >= 11 is 0. The largest absolute Gasteiger partial charge is 0.375 e. The van der Waals surface area contributed by atoms with E-state index in [1.54, 1.807) is 14.2 Å². The summed E-state index contributed by atoms with van der Waals surface area (Å²) in [5.41, 5.74) is 0. The minimum absolute atomic E-state index is 0.360. The molecule has 1 aliphatic heterocycles. The van der Waals surface area contributed by atoms with Crippen LogP contribution in [0, 0.1) is 0 Å². The van der Waals surface area contributed by atoms with Crippen LogP contribution in [-0.4, -0.2) is 58.1 Å². The summed E-state index contributed by atoms with van der Waals surface area (Å²) in [5.74, 6) is 0. The van der Waals surface area contributed by atoms with E-state index >= 15 is 0 Å². The van der Waals surface area contributed by atoms with Crippen molar-refractivity contribution >= 4 is 0 Å². The molecule has 12 heavy (non-hydrogen) atoms. The molecule has 0 aliphatic carbocycles. The second-order valence-corrected chi connectivity index (χ2v) is 4.25. The highest BCUT2D eigenvalue weighted by molar-refractivity contribution is 4.70. The number of nitrogens with zero attached hydrogens (tertiary/aromatic N) is 1. The van der Waals surface area contributed by atoms with E-state index in [1.165, 1.54) is 0 Å². The molecule has 2 unspecified atom stereocenters. The van der Waals surface area contributed by atoms with Crippen molar-refractivity contribution in [3.63, 3.8) is 0 Å². The van der Waals surface area contributed by atoms with Crippen LogP contribution >= 0.6 is 0 Å². The molecule has 0 spiro atoms. The maximum Gasteiger partial charge on any atom is 0.109 e. The Kier molecular flexibility index (Phi) is 3.09. The Morgan fingerprint density at radius 2 is 1.42 bits per heavy atom. The van der Waals surface area contributed by atoms with Gasteiger partial charge in [0.1, 0.15) is 25.3 Å². The lowest BCUT2D eigenvalue weighted by molar-refractivity contribution is -0.901. The summed E-state index contributed by atoms with van der Waals surface area (Å²) < 4.78 is 11.7. The molecule has 1 aliphatic rings. The van der Waals surface area contributed by atoms with Gasteiger partial charge >= 0.3 is 0 Å². The van der Waals surface area contributed by atoms with Gasteiger partial charge < -0.3 is 14.0 Å². The number of hydrogen-bond acceptors (Lipinski definition) is 2. The first-order chi connectivity index (χ1) is 5.57. The highest BCUT2D eigenvalue weighted by Crippen LogP contribution is 2.18. The molecular formula is C9H20NO2+. The number of likely N-dealkylation sites (N-methyl/N-ethyl adjacent to an activating group) is 1. The summed E-state index contributed by atoms with van der Waals surface area (Å²) in [6, 6.07) is 0. The van der Waals surface area contributed by atoms with Crippen molar-refractivity contribution in [2.45, 2.75) is 18.6 Å². The van der Waals surface area contributed by atoms with Crippen molar-refractivity contribution in [3.8, 4) is 0 Å². The molecule has 0 saturated carbocycles. The van der Waals surface area contributed by atoms with Crippen LogP contribution in [0.2, 0.25) is 0 Å². The monoisotopic (exact) mass is 174 g/mol. The van der Waals surface area contributed by atoms with E-state index in [1.807, 2.05) is 0 Å². The lowest BCUT2D eigenvalue weighted by atomic mass is 10.0. The van der Waals surface area contributed by atoms with Gasteiger partial charge in [0.15, 0.2) is 0 Å². The van der Waals surface area contributed by atoms with E-state index in [4.69, 9.17) is 9.47 Å². The Morgan fingerprint density at radius 1 is 1.00 bits per heavy atom. The zero-order valence-corrected chi connectivity index (χ0v) is 8.54. The van der Waals surface area contributed by atoms with Crippen molar-refractivity contribution in [1.82, 2.24) is 0 Å². The number of piperidine rings is 1. The molecule has 0 aromatic rings. The van der Waals surface area contributed by atoms with Crippen LogP contribution in [0.5, 0.6) is 0 Å². The third-order valence-corrected chi connectivity index (χ3v) is 2.59. The second-order valence-electron chi connectivity index (χ2n) is 4.25. The first-order valence-corrected chi connectivity index (χ1v) is 4.45. The highest BCUT2D eigenvalue weighted by Gasteiger charge is 2.33. The third kappa shape index (κ3) is 2.44. The van der Waals surface area contributed by atoms with Crippen molar-refractivity contribution < 1.29 is 14.0 Å². The normalized spacial score (nSPS) is 35.0. The van der Waals surface area contributed by atoms with Crippen LogP contribution in [0.25, 0.3) is 0 Å². The van der Waals surface area contributed by atoms with Crippen molar-refractivity contribution in [3.05, 3.63) is 0 Å². The molecule has 0 radical (unpaired) electrons. The molecule has 72 valence electrons. The molecule has 1 fully saturated rings. The quantitative estimate of drug-likeness (QED) is 0.567. The minimum Gasteiger partial charge on any atom is -0.375 e. The summed E-state index contributed by atoms with van der Waals surface area (Å²) in [4.78, 5) is 0. The predicted molar refractivity (Wildman–Crippen MR) is 48.1 cm³/mol. The number of quaternary nitrogens is 1. The molecule has 1 heterocycles. The van der Waals surface area contributed by atoms with Gasteiger partial charge in [0, 0.05) is 20.6 Å². The molecule has 1 saturated heterocycles. The van der Waals surface area contributed by atoms with Gasteiger partial charge in [-0.05, 0) is 0 Å². The van der Waals surface area contributed by atoms with Crippen LogP contribution in [0.4, 0.5) is 0 Å². The molecule has 3 heteroatoms. The molecule has 0 bridgehead atoms. The molecule has 0 aromatic carbocycles. The minimum atomic E-state index is 0.360. The predicted octanol–water partition coefficient (Wildman–Crippen LogP) is 0.496. The van der Waals surface area contributed by atoms with Gasteiger partial charge in [-0.1, -0.05) is 0 Å². The molecule has 1 rings (SSSR count). The van der Waals surface area contributed by atoms with E-state index in [9.17, 15) is 0 Å². The number of hydrogen-bond donors (Lipinski definition) is 0. The molecule has 0 N–H and O–H groups in total. The number of methoxy groups -OCH3 is 2. The fourth-order valence-corrected chi connectivity index (χ4v) is 1.96. The average Bonchev–Trinajstić information content (AvgIpc) is 2.01. The Bertz CT molecular complexity index is 133. The highest BCUT2D eigenvalue weighted by atomic mass is 16.5. The van der Waals surface area contributed by atoms with E-state index in [0.717, 1.165) is 24.0 Å².